The third-order valence-corrected chi connectivity index (χ3v) is 3.82. The quantitative estimate of drug-likeness (QED) is 0.905. The summed E-state index contributed by atoms with van der Waals surface area (Å²) in [5.41, 5.74) is 0.426. The zero-order chi connectivity index (χ0) is 15.4. The van der Waals surface area contributed by atoms with Gasteiger partial charge in [0.2, 0.25) is 0 Å². The predicted molar refractivity (Wildman–Crippen MR) is 79.3 cm³/mol. The summed E-state index contributed by atoms with van der Waals surface area (Å²) in [7, 11) is 0. The molecule has 5 heteroatoms. The first-order chi connectivity index (χ1) is 9.99. The van der Waals surface area contributed by atoms with Gasteiger partial charge in [0.25, 0.3) is 5.91 Å². The lowest BCUT2D eigenvalue weighted by molar-refractivity contribution is 0.0645. The maximum absolute atomic E-state index is 12.7. The highest BCUT2D eigenvalue weighted by atomic mass is 16.4. The van der Waals surface area contributed by atoms with Gasteiger partial charge in [-0.25, -0.2) is 4.79 Å². The minimum Gasteiger partial charge on any atom is -0.478 e. The molecule has 0 radical (unpaired) electrons. The number of amides is 1. The van der Waals surface area contributed by atoms with Crippen LogP contribution in [0.15, 0.2) is 18.3 Å². The Bertz CT molecular complexity index is 505. The van der Waals surface area contributed by atoms with Crippen LogP contribution in [0.5, 0.6) is 0 Å². The number of carbonyl (C=O) groups is 2. The summed E-state index contributed by atoms with van der Waals surface area (Å²) in [5.74, 6) is -0.725. The topological polar surface area (TPSA) is 70.5 Å². The highest BCUT2D eigenvalue weighted by Gasteiger charge is 2.28. The molecule has 1 saturated carbocycles. The molecule has 1 aromatic heterocycles. The van der Waals surface area contributed by atoms with Gasteiger partial charge < -0.3 is 10.0 Å². The van der Waals surface area contributed by atoms with Gasteiger partial charge in [-0.3, -0.25) is 9.78 Å². The fourth-order valence-electron chi connectivity index (χ4n) is 2.80. The maximum atomic E-state index is 12.7. The number of rotatable bonds is 5. The second kappa shape index (κ2) is 6.70. The molecular weight excluding hydrogens is 268 g/mol. The predicted octanol–water partition coefficient (Wildman–Crippen LogP) is 2.82. The van der Waals surface area contributed by atoms with Crippen molar-refractivity contribution in [2.24, 2.45) is 5.92 Å². The number of aromatic nitrogens is 1. The SMILES string of the molecule is CC(C)CN(C(=O)c1ccc(C(=O)O)cn1)C1CCCC1. The van der Waals surface area contributed by atoms with Crippen molar-refractivity contribution in [2.75, 3.05) is 6.54 Å². The Hall–Kier alpha value is -1.91. The molecule has 0 spiro atoms. The van der Waals surface area contributed by atoms with Crippen molar-refractivity contribution in [3.05, 3.63) is 29.6 Å². The van der Waals surface area contributed by atoms with Gasteiger partial charge in [0.1, 0.15) is 5.69 Å². The van der Waals surface area contributed by atoms with E-state index in [1.165, 1.54) is 18.3 Å². The number of pyridine rings is 1. The van der Waals surface area contributed by atoms with Gasteiger partial charge in [-0.2, -0.15) is 0 Å². The summed E-state index contributed by atoms with van der Waals surface area (Å²) in [4.78, 5) is 29.4. The van der Waals surface area contributed by atoms with Gasteiger partial charge in [0, 0.05) is 18.8 Å². The van der Waals surface area contributed by atoms with Crippen LogP contribution in [0.4, 0.5) is 0 Å². The molecule has 1 aliphatic carbocycles. The lowest BCUT2D eigenvalue weighted by Gasteiger charge is -2.30. The van der Waals surface area contributed by atoms with E-state index in [9.17, 15) is 9.59 Å². The monoisotopic (exact) mass is 290 g/mol. The van der Waals surface area contributed by atoms with E-state index in [1.807, 2.05) is 4.90 Å². The minimum absolute atomic E-state index is 0.0902. The molecule has 1 aromatic rings. The largest absolute Gasteiger partial charge is 0.478 e. The lowest BCUT2D eigenvalue weighted by Crippen LogP contribution is -2.41. The first-order valence-electron chi connectivity index (χ1n) is 7.49. The van der Waals surface area contributed by atoms with Gasteiger partial charge in [-0.1, -0.05) is 26.7 Å². The fourth-order valence-corrected chi connectivity index (χ4v) is 2.80. The maximum Gasteiger partial charge on any atom is 0.337 e. The first-order valence-corrected chi connectivity index (χ1v) is 7.49. The average Bonchev–Trinajstić information content (AvgIpc) is 2.98. The number of nitrogens with zero attached hydrogens (tertiary/aromatic N) is 2. The van der Waals surface area contributed by atoms with Crippen LogP contribution in [0.2, 0.25) is 0 Å². The molecule has 1 N–H and O–H groups in total. The van der Waals surface area contributed by atoms with Crippen LogP contribution >= 0.6 is 0 Å². The van der Waals surface area contributed by atoms with Crippen molar-refractivity contribution in [2.45, 2.75) is 45.6 Å². The number of aromatic carboxylic acids is 1. The summed E-state index contributed by atoms with van der Waals surface area (Å²) < 4.78 is 0. The van der Waals surface area contributed by atoms with Crippen molar-refractivity contribution in [3.63, 3.8) is 0 Å². The van der Waals surface area contributed by atoms with Crippen LogP contribution in [0.3, 0.4) is 0 Å². The van der Waals surface area contributed by atoms with E-state index in [0.717, 1.165) is 25.7 Å². The molecule has 0 aliphatic heterocycles. The van der Waals surface area contributed by atoms with E-state index in [-0.39, 0.29) is 11.5 Å². The summed E-state index contributed by atoms with van der Waals surface area (Å²) in [6.45, 7) is 4.90. The van der Waals surface area contributed by atoms with Crippen LogP contribution in [0, 0.1) is 5.92 Å². The molecule has 114 valence electrons. The van der Waals surface area contributed by atoms with Crippen LogP contribution in [0.1, 0.15) is 60.4 Å². The summed E-state index contributed by atoms with van der Waals surface area (Å²) in [6.07, 6.45) is 5.67. The van der Waals surface area contributed by atoms with Crippen LogP contribution < -0.4 is 0 Å². The Morgan fingerprint density at radius 2 is 2.00 bits per heavy atom. The Morgan fingerprint density at radius 1 is 1.33 bits per heavy atom. The van der Waals surface area contributed by atoms with E-state index >= 15 is 0 Å². The molecule has 1 amide bonds. The standard InChI is InChI=1S/C16H22N2O3/c1-11(2)10-18(13-5-3-4-6-13)15(19)14-8-7-12(9-17-14)16(20)21/h7-9,11,13H,3-6,10H2,1-2H3,(H,20,21). The van der Waals surface area contributed by atoms with E-state index < -0.39 is 5.97 Å². The third kappa shape index (κ3) is 3.80. The molecule has 1 fully saturated rings. The fraction of sp³-hybridized carbons (Fsp3) is 0.562. The van der Waals surface area contributed by atoms with E-state index in [4.69, 9.17) is 5.11 Å². The molecule has 0 bridgehead atoms. The highest BCUT2D eigenvalue weighted by molar-refractivity contribution is 5.94. The van der Waals surface area contributed by atoms with E-state index in [2.05, 4.69) is 18.8 Å². The van der Waals surface area contributed by atoms with Crippen molar-refractivity contribution in [3.8, 4) is 0 Å². The molecule has 5 nitrogen and oxygen atoms in total. The molecule has 0 atom stereocenters. The van der Waals surface area contributed by atoms with Gasteiger partial charge in [0.05, 0.1) is 5.56 Å². The molecule has 2 rings (SSSR count). The zero-order valence-corrected chi connectivity index (χ0v) is 12.6. The molecule has 1 aliphatic rings. The smallest absolute Gasteiger partial charge is 0.337 e. The van der Waals surface area contributed by atoms with Crippen molar-refractivity contribution < 1.29 is 14.7 Å². The summed E-state index contributed by atoms with van der Waals surface area (Å²) in [6, 6.07) is 3.24. The summed E-state index contributed by atoms with van der Waals surface area (Å²) in [5, 5.41) is 8.88. The number of carboxylic acid groups (broad SMARTS) is 1. The number of carboxylic acids is 1. The molecule has 0 saturated heterocycles. The Morgan fingerprint density at radius 3 is 2.48 bits per heavy atom. The Balaban J connectivity index is 2.18. The van der Waals surface area contributed by atoms with Crippen molar-refractivity contribution >= 4 is 11.9 Å². The zero-order valence-electron chi connectivity index (χ0n) is 12.6. The van der Waals surface area contributed by atoms with Crippen molar-refractivity contribution in [1.29, 1.82) is 0 Å². The molecule has 1 heterocycles. The Kier molecular flexibility index (Phi) is 4.94. The number of hydrogen-bond acceptors (Lipinski definition) is 3. The molecular formula is C16H22N2O3. The van der Waals surface area contributed by atoms with Gasteiger partial charge in [-0.15, -0.1) is 0 Å². The summed E-state index contributed by atoms with van der Waals surface area (Å²) >= 11 is 0. The van der Waals surface area contributed by atoms with Crippen LogP contribution in [-0.4, -0.2) is 39.5 Å². The van der Waals surface area contributed by atoms with Gasteiger partial charge in [-0.05, 0) is 30.9 Å². The molecule has 21 heavy (non-hydrogen) atoms. The van der Waals surface area contributed by atoms with Crippen LogP contribution in [-0.2, 0) is 0 Å². The normalized spacial score (nSPS) is 15.4. The molecule has 0 aromatic carbocycles. The second-order valence-corrected chi connectivity index (χ2v) is 6.03. The Labute approximate surface area is 125 Å². The van der Waals surface area contributed by atoms with Crippen LogP contribution in [0.25, 0.3) is 0 Å². The van der Waals surface area contributed by atoms with Gasteiger partial charge >= 0.3 is 5.97 Å². The number of carbonyl (C=O) groups excluding carboxylic acids is 1. The highest BCUT2D eigenvalue weighted by Crippen LogP contribution is 2.25. The molecule has 0 unspecified atom stereocenters. The third-order valence-electron chi connectivity index (χ3n) is 3.82. The first kappa shape index (κ1) is 15.5. The minimum atomic E-state index is -1.03. The number of hydrogen-bond donors (Lipinski definition) is 1. The lowest BCUT2D eigenvalue weighted by atomic mass is 10.1. The van der Waals surface area contributed by atoms with Crippen molar-refractivity contribution in [1.82, 2.24) is 9.88 Å². The van der Waals surface area contributed by atoms with Gasteiger partial charge in [0.15, 0.2) is 0 Å². The van der Waals surface area contributed by atoms with E-state index in [1.54, 1.807) is 0 Å². The average molecular weight is 290 g/mol. The van der Waals surface area contributed by atoms with E-state index in [0.29, 0.717) is 24.2 Å². The second-order valence-electron chi connectivity index (χ2n) is 6.03.